The maximum atomic E-state index is 12.6. The zero-order valence-corrected chi connectivity index (χ0v) is 20.7. The molecule has 192 valence electrons. The average Bonchev–Trinajstić information content (AvgIpc) is 2.69. The molecule has 11 heteroatoms. The number of fused-ring (bicyclic) bond motifs is 1. The number of hydrogen-bond acceptors (Lipinski definition) is 7. The second-order valence-corrected chi connectivity index (χ2v) is 10.8. The summed E-state index contributed by atoms with van der Waals surface area (Å²) in [4.78, 5) is 0. The molecule has 2 rings (SSSR count). The lowest BCUT2D eigenvalue weighted by Gasteiger charge is -2.52. The molecule has 0 spiro atoms. The van der Waals surface area contributed by atoms with Crippen molar-refractivity contribution in [3.8, 4) is 0 Å². The minimum Gasteiger partial charge on any atom is -0.378 e. The summed E-state index contributed by atoms with van der Waals surface area (Å²) in [5.74, 6) is -0.580. The fourth-order valence-corrected chi connectivity index (χ4v) is 4.75. The van der Waals surface area contributed by atoms with Crippen molar-refractivity contribution in [2.24, 2.45) is 0 Å². The van der Waals surface area contributed by atoms with Crippen LogP contribution in [-0.4, -0.2) is 57.3 Å². The van der Waals surface area contributed by atoms with E-state index in [1.54, 1.807) is 7.11 Å². The molecule has 2 aliphatic rings. The Labute approximate surface area is 194 Å². The van der Waals surface area contributed by atoms with Crippen molar-refractivity contribution in [2.45, 2.75) is 101 Å². The van der Waals surface area contributed by atoms with Crippen LogP contribution in [0.1, 0.15) is 66.2 Å². The molecular formula is C22H35F3O7S. The van der Waals surface area contributed by atoms with E-state index in [0.29, 0.717) is 19.3 Å². The summed E-state index contributed by atoms with van der Waals surface area (Å²) < 4.78 is 88.3. The van der Waals surface area contributed by atoms with Gasteiger partial charge in [0.1, 0.15) is 18.7 Å². The molecule has 0 saturated carbocycles. The fourth-order valence-electron chi connectivity index (χ4n) is 4.27. The number of rotatable bonds is 10. The molecule has 1 unspecified atom stereocenters. The quantitative estimate of drug-likeness (QED) is 0.138. The minimum atomic E-state index is -5.79. The minimum absolute atomic E-state index is 0.122. The van der Waals surface area contributed by atoms with E-state index in [9.17, 15) is 21.6 Å². The number of hydrogen-bond donors (Lipinski definition) is 0. The first-order valence-electron chi connectivity index (χ1n) is 10.9. The van der Waals surface area contributed by atoms with Crippen LogP contribution in [-0.2, 0) is 33.2 Å². The number of allylic oxidation sites excluding steroid dienone is 2. The van der Waals surface area contributed by atoms with Crippen molar-refractivity contribution in [1.29, 1.82) is 0 Å². The molecule has 7 nitrogen and oxygen atoms in total. The van der Waals surface area contributed by atoms with Gasteiger partial charge >= 0.3 is 15.6 Å². The van der Waals surface area contributed by atoms with Gasteiger partial charge in [-0.15, -0.1) is 0 Å². The SMILES string of the molecule is C=C(OS(=O)(=O)C(F)(F)F)[C@H]1CCC2O[C@@H]([C@](C)(CCC=C(C)C)OCOC)CC[C@]2(C)O1. The van der Waals surface area contributed by atoms with Crippen LogP contribution in [0.25, 0.3) is 0 Å². The molecule has 0 amide bonds. The first-order valence-corrected chi connectivity index (χ1v) is 12.3. The van der Waals surface area contributed by atoms with Crippen LogP contribution in [0.5, 0.6) is 0 Å². The van der Waals surface area contributed by atoms with Crippen LogP contribution in [0, 0.1) is 0 Å². The summed E-state index contributed by atoms with van der Waals surface area (Å²) in [7, 11) is -4.24. The largest absolute Gasteiger partial charge is 0.534 e. The number of methoxy groups -OCH3 is 1. The third-order valence-electron chi connectivity index (χ3n) is 6.26. The summed E-state index contributed by atoms with van der Waals surface area (Å²) >= 11 is 0. The summed E-state index contributed by atoms with van der Waals surface area (Å²) in [6.07, 6.45) is 3.90. The molecule has 0 N–H and O–H groups in total. The van der Waals surface area contributed by atoms with Gasteiger partial charge in [0.25, 0.3) is 0 Å². The predicted octanol–water partition coefficient (Wildman–Crippen LogP) is 4.98. The molecular weight excluding hydrogens is 465 g/mol. The van der Waals surface area contributed by atoms with Gasteiger partial charge in [0, 0.05) is 7.11 Å². The van der Waals surface area contributed by atoms with Gasteiger partial charge in [-0.1, -0.05) is 18.2 Å². The number of ether oxygens (including phenoxy) is 4. The smallest absolute Gasteiger partial charge is 0.378 e. The van der Waals surface area contributed by atoms with Gasteiger partial charge in [0.2, 0.25) is 0 Å². The highest BCUT2D eigenvalue weighted by Gasteiger charge is 2.53. The van der Waals surface area contributed by atoms with Gasteiger partial charge in [-0.2, -0.15) is 21.6 Å². The van der Waals surface area contributed by atoms with Crippen molar-refractivity contribution in [3.63, 3.8) is 0 Å². The Bertz CT molecular complexity index is 822. The molecule has 0 aromatic heterocycles. The molecule has 0 aromatic carbocycles. The van der Waals surface area contributed by atoms with Crippen molar-refractivity contribution in [3.05, 3.63) is 24.0 Å². The van der Waals surface area contributed by atoms with Crippen LogP contribution < -0.4 is 0 Å². The van der Waals surface area contributed by atoms with E-state index in [1.165, 1.54) is 5.57 Å². The molecule has 0 radical (unpaired) electrons. The van der Waals surface area contributed by atoms with Crippen molar-refractivity contribution in [2.75, 3.05) is 13.9 Å². The van der Waals surface area contributed by atoms with Gasteiger partial charge in [-0.25, -0.2) is 0 Å². The zero-order chi connectivity index (χ0) is 25.1. The molecule has 2 saturated heterocycles. The monoisotopic (exact) mass is 500 g/mol. The Hall–Kier alpha value is -1.14. The van der Waals surface area contributed by atoms with E-state index in [1.807, 2.05) is 27.7 Å². The molecule has 2 aliphatic heterocycles. The van der Waals surface area contributed by atoms with Crippen molar-refractivity contribution < 1.29 is 44.7 Å². The highest BCUT2D eigenvalue weighted by atomic mass is 32.2. The number of halogens is 3. The molecule has 0 aromatic rings. The van der Waals surface area contributed by atoms with Gasteiger partial charge in [-0.05, 0) is 66.2 Å². The van der Waals surface area contributed by atoms with Crippen molar-refractivity contribution >= 4 is 10.1 Å². The molecule has 0 bridgehead atoms. The highest BCUT2D eigenvalue weighted by Crippen LogP contribution is 2.45. The van der Waals surface area contributed by atoms with Gasteiger partial charge in [-0.3, -0.25) is 0 Å². The average molecular weight is 501 g/mol. The van der Waals surface area contributed by atoms with Gasteiger partial charge in [0.15, 0.2) is 0 Å². The summed E-state index contributed by atoms with van der Waals surface area (Å²) in [5, 5.41) is 0. The highest BCUT2D eigenvalue weighted by molar-refractivity contribution is 7.87. The van der Waals surface area contributed by atoms with E-state index in [2.05, 4.69) is 16.8 Å². The lowest BCUT2D eigenvalue weighted by molar-refractivity contribution is -0.275. The molecule has 0 aliphatic carbocycles. The van der Waals surface area contributed by atoms with Crippen molar-refractivity contribution in [1.82, 2.24) is 0 Å². The Balaban J connectivity index is 2.07. The lowest BCUT2D eigenvalue weighted by atomic mass is 9.78. The van der Waals surface area contributed by atoms with E-state index in [0.717, 1.165) is 12.8 Å². The molecule has 2 fully saturated rings. The van der Waals surface area contributed by atoms with Gasteiger partial charge < -0.3 is 23.1 Å². The maximum absolute atomic E-state index is 12.6. The first-order chi connectivity index (χ1) is 15.1. The third kappa shape index (κ3) is 6.94. The maximum Gasteiger partial charge on any atom is 0.534 e. The predicted molar refractivity (Wildman–Crippen MR) is 116 cm³/mol. The summed E-state index contributed by atoms with van der Waals surface area (Å²) in [5.41, 5.74) is -5.75. The van der Waals surface area contributed by atoms with E-state index in [4.69, 9.17) is 18.9 Å². The van der Waals surface area contributed by atoms with Crippen LogP contribution in [0.3, 0.4) is 0 Å². The normalized spacial score (nSPS) is 30.1. The molecule has 33 heavy (non-hydrogen) atoms. The standard InChI is InChI=1S/C22H35F3O7S/c1-15(2)8-7-12-20(4,29-14-28-6)19-11-13-21(5)18(30-19)10-9-17(31-21)16(3)32-33(26,27)22(23,24)25/h8,17-19H,3,7,9-14H2,1-2,4-6H3/t17-,18?,19-,20+,21+/m1/s1. The topological polar surface area (TPSA) is 80.3 Å². The first kappa shape index (κ1) is 28.1. The van der Waals surface area contributed by atoms with E-state index < -0.39 is 38.7 Å². The van der Waals surface area contributed by atoms with E-state index >= 15 is 0 Å². The summed E-state index contributed by atoms with van der Waals surface area (Å²) in [6, 6.07) is 0. The van der Waals surface area contributed by atoms with Crippen LogP contribution >= 0.6 is 0 Å². The summed E-state index contributed by atoms with van der Waals surface area (Å²) in [6.45, 7) is 11.4. The van der Waals surface area contributed by atoms with Gasteiger partial charge in [0.05, 0.1) is 23.4 Å². The number of alkyl halides is 3. The zero-order valence-electron chi connectivity index (χ0n) is 19.9. The Kier molecular flexibility index (Phi) is 9.06. The second-order valence-electron chi connectivity index (χ2n) is 9.28. The Morgan fingerprint density at radius 3 is 2.48 bits per heavy atom. The van der Waals surface area contributed by atoms with Crippen LogP contribution in [0.15, 0.2) is 24.0 Å². The Morgan fingerprint density at radius 1 is 1.24 bits per heavy atom. The molecule has 5 atom stereocenters. The third-order valence-corrected chi connectivity index (χ3v) is 7.26. The molecule has 2 heterocycles. The fraction of sp³-hybridized carbons (Fsp3) is 0.818. The lowest BCUT2D eigenvalue weighted by Crippen LogP contribution is -2.59. The van der Waals surface area contributed by atoms with Crippen LogP contribution in [0.2, 0.25) is 0 Å². The second kappa shape index (κ2) is 10.6. The van der Waals surface area contributed by atoms with E-state index in [-0.39, 0.29) is 25.4 Å². The Morgan fingerprint density at radius 2 is 1.91 bits per heavy atom. The van der Waals surface area contributed by atoms with Crippen LogP contribution in [0.4, 0.5) is 13.2 Å².